The first-order valence-electron chi connectivity index (χ1n) is 4.93. The largest absolute Gasteiger partial charge is 0.396 e. The molecule has 1 aromatic rings. The van der Waals surface area contributed by atoms with Crippen LogP contribution in [0.15, 0.2) is 12.3 Å². The first kappa shape index (κ1) is 12.1. The van der Waals surface area contributed by atoms with E-state index in [2.05, 4.69) is 5.32 Å². The normalized spacial score (nSPS) is 10.3. The van der Waals surface area contributed by atoms with Gasteiger partial charge >= 0.3 is 0 Å². The summed E-state index contributed by atoms with van der Waals surface area (Å²) in [4.78, 5) is 11.6. The number of amides is 1. The van der Waals surface area contributed by atoms with Crippen LogP contribution < -0.4 is 5.32 Å². The van der Waals surface area contributed by atoms with Gasteiger partial charge in [-0.05, 0) is 19.4 Å². The number of carbonyl (C=O) groups is 1. The molecule has 0 atom stereocenters. The molecular formula is C10H15ClN2O2. The average molecular weight is 231 g/mol. The molecule has 0 aliphatic rings. The molecule has 0 aromatic carbocycles. The van der Waals surface area contributed by atoms with Crippen molar-refractivity contribution in [2.24, 2.45) is 0 Å². The predicted molar refractivity (Wildman–Crippen MR) is 59.2 cm³/mol. The molecule has 2 N–H and O–H groups in total. The number of aryl methyl sites for hydroxylation is 1. The number of nitrogens with one attached hydrogen (secondary N) is 1. The van der Waals surface area contributed by atoms with Crippen LogP contribution in [-0.2, 0) is 6.54 Å². The van der Waals surface area contributed by atoms with Gasteiger partial charge in [0, 0.05) is 25.9 Å². The van der Waals surface area contributed by atoms with Gasteiger partial charge in [-0.1, -0.05) is 11.6 Å². The maximum Gasteiger partial charge on any atom is 0.267 e. The zero-order valence-electron chi connectivity index (χ0n) is 8.66. The summed E-state index contributed by atoms with van der Waals surface area (Å²) < 4.78 is 1.79. The van der Waals surface area contributed by atoms with Crippen LogP contribution in [0.5, 0.6) is 0 Å². The minimum Gasteiger partial charge on any atom is -0.396 e. The molecule has 84 valence electrons. The summed E-state index contributed by atoms with van der Waals surface area (Å²) in [6.45, 7) is 3.20. The van der Waals surface area contributed by atoms with Gasteiger partial charge in [0.15, 0.2) is 0 Å². The standard InChI is InChI=1S/C10H15ClN2O2/c1-2-13-7-8(11)6-9(13)10(15)12-4-3-5-14/h6-7,14H,2-5H2,1H3,(H,12,15). The summed E-state index contributed by atoms with van der Waals surface area (Å²) in [5.41, 5.74) is 0.556. The Balaban J connectivity index is 2.64. The molecule has 0 spiro atoms. The van der Waals surface area contributed by atoms with E-state index in [9.17, 15) is 4.79 Å². The molecule has 15 heavy (non-hydrogen) atoms. The second-order valence-corrected chi connectivity index (χ2v) is 3.60. The number of hydrogen-bond acceptors (Lipinski definition) is 2. The van der Waals surface area contributed by atoms with Crippen LogP contribution in [0, 0.1) is 0 Å². The molecule has 0 aliphatic carbocycles. The van der Waals surface area contributed by atoms with Crippen LogP contribution >= 0.6 is 11.6 Å². The number of aliphatic hydroxyl groups is 1. The quantitative estimate of drug-likeness (QED) is 0.749. The number of aromatic nitrogens is 1. The number of hydrogen-bond donors (Lipinski definition) is 2. The fraction of sp³-hybridized carbons (Fsp3) is 0.500. The van der Waals surface area contributed by atoms with Crippen LogP contribution in [0.2, 0.25) is 5.02 Å². The molecule has 0 fully saturated rings. The Kier molecular flexibility index (Phi) is 4.65. The topological polar surface area (TPSA) is 54.3 Å². The van der Waals surface area contributed by atoms with Crippen LogP contribution in [-0.4, -0.2) is 28.7 Å². The summed E-state index contributed by atoms with van der Waals surface area (Å²) in [7, 11) is 0. The van der Waals surface area contributed by atoms with E-state index in [1.54, 1.807) is 16.8 Å². The molecule has 0 saturated heterocycles. The van der Waals surface area contributed by atoms with Gasteiger partial charge in [0.25, 0.3) is 5.91 Å². The fourth-order valence-electron chi connectivity index (χ4n) is 1.30. The van der Waals surface area contributed by atoms with Gasteiger partial charge in [-0.3, -0.25) is 4.79 Å². The SMILES string of the molecule is CCn1cc(Cl)cc1C(=O)NCCCO. The number of rotatable bonds is 5. The van der Waals surface area contributed by atoms with E-state index in [-0.39, 0.29) is 12.5 Å². The molecular weight excluding hydrogens is 216 g/mol. The second kappa shape index (κ2) is 5.78. The summed E-state index contributed by atoms with van der Waals surface area (Å²) in [5, 5.41) is 11.8. The summed E-state index contributed by atoms with van der Waals surface area (Å²) in [6, 6.07) is 1.64. The Morgan fingerprint density at radius 3 is 3.00 bits per heavy atom. The zero-order valence-corrected chi connectivity index (χ0v) is 9.42. The fourth-order valence-corrected chi connectivity index (χ4v) is 1.52. The Morgan fingerprint density at radius 2 is 2.40 bits per heavy atom. The van der Waals surface area contributed by atoms with Crippen LogP contribution in [0.1, 0.15) is 23.8 Å². The van der Waals surface area contributed by atoms with E-state index in [1.807, 2.05) is 6.92 Å². The van der Waals surface area contributed by atoms with Crippen molar-refractivity contribution in [1.82, 2.24) is 9.88 Å². The van der Waals surface area contributed by atoms with E-state index >= 15 is 0 Å². The Labute approximate surface area is 93.8 Å². The van der Waals surface area contributed by atoms with Gasteiger partial charge in [-0.25, -0.2) is 0 Å². The van der Waals surface area contributed by atoms with Crippen molar-refractivity contribution in [2.75, 3.05) is 13.2 Å². The van der Waals surface area contributed by atoms with Crippen molar-refractivity contribution in [3.63, 3.8) is 0 Å². The van der Waals surface area contributed by atoms with E-state index < -0.39 is 0 Å². The zero-order chi connectivity index (χ0) is 11.3. The summed E-state index contributed by atoms with van der Waals surface area (Å²) in [5.74, 6) is -0.155. The van der Waals surface area contributed by atoms with E-state index in [1.165, 1.54) is 0 Å². The molecule has 1 amide bonds. The molecule has 0 unspecified atom stereocenters. The van der Waals surface area contributed by atoms with Gasteiger partial charge in [0.05, 0.1) is 5.02 Å². The van der Waals surface area contributed by atoms with Crippen molar-refractivity contribution >= 4 is 17.5 Å². The Morgan fingerprint density at radius 1 is 1.67 bits per heavy atom. The third-order valence-corrected chi connectivity index (χ3v) is 2.26. The number of aliphatic hydroxyl groups excluding tert-OH is 1. The third-order valence-electron chi connectivity index (χ3n) is 2.06. The molecule has 1 aromatic heterocycles. The molecule has 1 rings (SSSR count). The maximum absolute atomic E-state index is 11.6. The lowest BCUT2D eigenvalue weighted by Crippen LogP contribution is -2.27. The lowest BCUT2D eigenvalue weighted by Gasteiger charge is -2.06. The second-order valence-electron chi connectivity index (χ2n) is 3.16. The Bertz CT molecular complexity index is 336. The van der Waals surface area contributed by atoms with Crippen LogP contribution in [0.3, 0.4) is 0 Å². The summed E-state index contributed by atoms with van der Waals surface area (Å²) in [6.07, 6.45) is 2.29. The lowest BCUT2D eigenvalue weighted by atomic mass is 10.3. The average Bonchev–Trinajstić information content (AvgIpc) is 2.60. The first-order valence-corrected chi connectivity index (χ1v) is 5.31. The lowest BCUT2D eigenvalue weighted by molar-refractivity contribution is 0.0942. The van der Waals surface area contributed by atoms with Crippen molar-refractivity contribution in [1.29, 1.82) is 0 Å². The van der Waals surface area contributed by atoms with Crippen molar-refractivity contribution in [3.8, 4) is 0 Å². The van der Waals surface area contributed by atoms with Crippen molar-refractivity contribution in [3.05, 3.63) is 23.0 Å². The van der Waals surface area contributed by atoms with Crippen LogP contribution in [0.25, 0.3) is 0 Å². The molecule has 1 heterocycles. The highest BCUT2D eigenvalue weighted by Gasteiger charge is 2.11. The van der Waals surface area contributed by atoms with Gasteiger partial charge < -0.3 is 15.0 Å². The smallest absolute Gasteiger partial charge is 0.267 e. The van der Waals surface area contributed by atoms with Crippen LogP contribution in [0.4, 0.5) is 0 Å². The Hall–Kier alpha value is -1.00. The molecule has 0 bridgehead atoms. The minimum atomic E-state index is -0.155. The molecule has 4 nitrogen and oxygen atoms in total. The highest BCUT2D eigenvalue weighted by atomic mass is 35.5. The van der Waals surface area contributed by atoms with Crippen molar-refractivity contribution < 1.29 is 9.90 Å². The molecule has 0 aliphatic heterocycles. The molecule has 5 heteroatoms. The highest BCUT2D eigenvalue weighted by Crippen LogP contribution is 2.13. The maximum atomic E-state index is 11.6. The van der Waals surface area contributed by atoms with Gasteiger partial charge in [0.1, 0.15) is 5.69 Å². The predicted octanol–water partition coefficient (Wildman–Crippen LogP) is 1.27. The van der Waals surface area contributed by atoms with Gasteiger partial charge in [-0.2, -0.15) is 0 Å². The summed E-state index contributed by atoms with van der Waals surface area (Å²) >= 11 is 5.81. The van der Waals surface area contributed by atoms with E-state index in [4.69, 9.17) is 16.7 Å². The van der Waals surface area contributed by atoms with E-state index in [0.29, 0.717) is 30.2 Å². The monoisotopic (exact) mass is 230 g/mol. The number of carbonyl (C=O) groups excluding carboxylic acids is 1. The number of halogens is 1. The third kappa shape index (κ3) is 3.25. The molecule has 0 saturated carbocycles. The minimum absolute atomic E-state index is 0.0792. The number of nitrogens with zero attached hydrogens (tertiary/aromatic N) is 1. The first-order chi connectivity index (χ1) is 7.19. The van der Waals surface area contributed by atoms with Gasteiger partial charge in [0.2, 0.25) is 0 Å². The van der Waals surface area contributed by atoms with Crippen molar-refractivity contribution in [2.45, 2.75) is 19.9 Å². The van der Waals surface area contributed by atoms with Gasteiger partial charge in [-0.15, -0.1) is 0 Å². The molecule has 0 radical (unpaired) electrons. The van der Waals surface area contributed by atoms with E-state index in [0.717, 1.165) is 0 Å². The highest BCUT2D eigenvalue weighted by molar-refractivity contribution is 6.31.